The first-order chi connectivity index (χ1) is 16.2. The molecule has 1 fully saturated rings. The molecular formula is C26H27N7. The Morgan fingerprint density at radius 3 is 2.82 bits per heavy atom. The molecule has 0 bridgehead atoms. The summed E-state index contributed by atoms with van der Waals surface area (Å²) in [5, 5.41) is 14.2. The van der Waals surface area contributed by atoms with E-state index in [0.717, 1.165) is 54.6 Å². The van der Waals surface area contributed by atoms with Gasteiger partial charge < -0.3 is 11.1 Å². The Hall–Kier alpha value is -3.71. The Morgan fingerprint density at radius 1 is 1.12 bits per heavy atom. The lowest BCUT2D eigenvalue weighted by atomic mass is 9.95. The van der Waals surface area contributed by atoms with Crippen LogP contribution in [0.1, 0.15) is 35.7 Å². The van der Waals surface area contributed by atoms with Crippen LogP contribution in [0.2, 0.25) is 0 Å². The van der Waals surface area contributed by atoms with E-state index in [1.54, 1.807) is 6.33 Å². The summed E-state index contributed by atoms with van der Waals surface area (Å²) in [5.41, 5.74) is 13.9. The van der Waals surface area contributed by atoms with Gasteiger partial charge in [-0.1, -0.05) is 42.5 Å². The molecule has 4 heterocycles. The number of nitrogen functional groups attached to an aromatic ring is 1. The predicted molar refractivity (Wildman–Crippen MR) is 131 cm³/mol. The molecule has 33 heavy (non-hydrogen) atoms. The maximum absolute atomic E-state index is 6.36. The van der Waals surface area contributed by atoms with E-state index in [4.69, 9.17) is 10.8 Å². The molecule has 0 spiro atoms. The van der Waals surface area contributed by atoms with Crippen LogP contribution in [-0.4, -0.2) is 37.5 Å². The minimum atomic E-state index is 0.408. The van der Waals surface area contributed by atoms with Gasteiger partial charge in [-0.15, -0.1) is 0 Å². The maximum atomic E-state index is 6.36. The van der Waals surface area contributed by atoms with Crippen molar-refractivity contribution in [3.05, 3.63) is 77.9 Å². The molecule has 166 valence electrons. The van der Waals surface area contributed by atoms with Gasteiger partial charge in [0.25, 0.3) is 0 Å². The molecule has 0 radical (unpaired) electrons. The van der Waals surface area contributed by atoms with E-state index >= 15 is 0 Å². The highest BCUT2D eigenvalue weighted by molar-refractivity contribution is 5.93. The highest BCUT2D eigenvalue weighted by Gasteiger charge is 2.23. The van der Waals surface area contributed by atoms with Crippen LogP contribution >= 0.6 is 0 Å². The second-order valence-corrected chi connectivity index (χ2v) is 8.89. The van der Waals surface area contributed by atoms with Crippen LogP contribution in [0.5, 0.6) is 0 Å². The molecule has 0 amide bonds. The second kappa shape index (κ2) is 8.01. The first kappa shape index (κ1) is 19.9. The van der Waals surface area contributed by atoms with E-state index < -0.39 is 0 Å². The van der Waals surface area contributed by atoms with Crippen LogP contribution in [-0.2, 0) is 6.54 Å². The third-order valence-corrected chi connectivity index (χ3v) is 6.81. The number of fused-ring (bicyclic) bond motifs is 2. The lowest BCUT2D eigenvalue weighted by molar-refractivity contribution is 0.449. The van der Waals surface area contributed by atoms with E-state index in [1.807, 2.05) is 10.6 Å². The van der Waals surface area contributed by atoms with Crippen molar-refractivity contribution in [3.8, 4) is 11.1 Å². The average Bonchev–Trinajstić information content (AvgIpc) is 3.39. The van der Waals surface area contributed by atoms with E-state index in [2.05, 4.69) is 75.5 Å². The Balaban J connectivity index is 1.46. The summed E-state index contributed by atoms with van der Waals surface area (Å²) in [6, 6.07) is 19.2. The Labute approximate surface area is 192 Å². The SMILES string of the molecule is Cc1c2ccc(-c3cc(C4CCCNC4)n4ncnc(N)c34)cc2nn1Cc1ccccc1. The highest BCUT2D eigenvalue weighted by Crippen LogP contribution is 2.36. The van der Waals surface area contributed by atoms with Gasteiger partial charge in [0.15, 0.2) is 5.82 Å². The first-order valence-electron chi connectivity index (χ1n) is 11.5. The predicted octanol–water partition coefficient (Wildman–Crippen LogP) is 4.15. The van der Waals surface area contributed by atoms with Gasteiger partial charge in [0.2, 0.25) is 0 Å². The van der Waals surface area contributed by atoms with Gasteiger partial charge in [0.1, 0.15) is 11.8 Å². The number of nitrogens with two attached hydrogens (primary N) is 1. The van der Waals surface area contributed by atoms with E-state index in [9.17, 15) is 0 Å². The van der Waals surface area contributed by atoms with E-state index in [-0.39, 0.29) is 0 Å². The van der Waals surface area contributed by atoms with E-state index in [0.29, 0.717) is 11.7 Å². The number of hydrogen-bond acceptors (Lipinski definition) is 5. The molecule has 1 aliphatic heterocycles. The topological polar surface area (TPSA) is 86.1 Å². The van der Waals surface area contributed by atoms with Crippen molar-refractivity contribution >= 4 is 22.2 Å². The third-order valence-electron chi connectivity index (χ3n) is 6.81. The fourth-order valence-corrected chi connectivity index (χ4v) is 5.05. The van der Waals surface area contributed by atoms with Crippen LogP contribution in [0.4, 0.5) is 5.82 Å². The number of nitrogens with one attached hydrogen (secondary N) is 1. The van der Waals surface area contributed by atoms with Gasteiger partial charge in [-0.25, -0.2) is 9.50 Å². The van der Waals surface area contributed by atoms with Gasteiger partial charge in [-0.2, -0.15) is 10.2 Å². The van der Waals surface area contributed by atoms with E-state index in [1.165, 1.54) is 22.3 Å². The quantitative estimate of drug-likeness (QED) is 0.441. The molecule has 7 nitrogen and oxygen atoms in total. The van der Waals surface area contributed by atoms with Gasteiger partial charge in [-0.05, 0) is 49.6 Å². The van der Waals surface area contributed by atoms with Crippen LogP contribution in [0.3, 0.4) is 0 Å². The zero-order valence-corrected chi connectivity index (χ0v) is 18.7. The Kier molecular flexibility index (Phi) is 4.84. The molecule has 6 rings (SSSR count). The minimum absolute atomic E-state index is 0.408. The molecule has 1 saturated heterocycles. The summed E-state index contributed by atoms with van der Waals surface area (Å²) in [6.07, 6.45) is 3.85. The lowest BCUT2D eigenvalue weighted by Gasteiger charge is -2.22. The normalized spacial score (nSPS) is 16.6. The number of aromatic nitrogens is 5. The van der Waals surface area contributed by atoms with Gasteiger partial charge >= 0.3 is 0 Å². The van der Waals surface area contributed by atoms with Crippen molar-refractivity contribution < 1.29 is 0 Å². The Bertz CT molecular complexity index is 1440. The summed E-state index contributed by atoms with van der Waals surface area (Å²) >= 11 is 0. The van der Waals surface area contributed by atoms with Crippen LogP contribution in [0, 0.1) is 6.92 Å². The largest absolute Gasteiger partial charge is 0.382 e. The molecule has 1 unspecified atom stereocenters. The zero-order chi connectivity index (χ0) is 22.4. The number of benzene rings is 2. The number of hydrogen-bond donors (Lipinski definition) is 2. The molecule has 3 N–H and O–H groups in total. The molecule has 7 heteroatoms. The second-order valence-electron chi connectivity index (χ2n) is 8.89. The van der Waals surface area contributed by atoms with Crippen LogP contribution < -0.4 is 11.1 Å². The van der Waals surface area contributed by atoms with Gasteiger partial charge in [0, 0.05) is 34.8 Å². The van der Waals surface area contributed by atoms with Crippen molar-refractivity contribution in [1.82, 2.24) is 29.7 Å². The number of anilines is 1. The Morgan fingerprint density at radius 2 is 2.00 bits per heavy atom. The highest BCUT2D eigenvalue weighted by atomic mass is 15.3. The molecule has 5 aromatic rings. The smallest absolute Gasteiger partial charge is 0.151 e. The van der Waals surface area contributed by atoms with Crippen LogP contribution in [0.15, 0.2) is 60.9 Å². The summed E-state index contributed by atoms with van der Waals surface area (Å²) in [4.78, 5) is 4.29. The lowest BCUT2D eigenvalue weighted by Crippen LogP contribution is -2.29. The fourth-order valence-electron chi connectivity index (χ4n) is 5.05. The molecule has 1 atom stereocenters. The van der Waals surface area contributed by atoms with Crippen molar-refractivity contribution in [2.45, 2.75) is 32.2 Å². The molecular weight excluding hydrogens is 410 g/mol. The zero-order valence-electron chi connectivity index (χ0n) is 18.7. The average molecular weight is 438 g/mol. The van der Waals surface area contributed by atoms with Gasteiger partial charge in [-0.3, -0.25) is 4.68 Å². The summed E-state index contributed by atoms with van der Waals surface area (Å²) in [7, 11) is 0. The molecule has 0 aliphatic carbocycles. The molecule has 1 aliphatic rings. The molecule has 0 saturated carbocycles. The number of nitrogens with zero attached hydrogens (tertiary/aromatic N) is 5. The monoisotopic (exact) mass is 437 g/mol. The molecule has 3 aromatic heterocycles. The molecule has 2 aromatic carbocycles. The first-order valence-corrected chi connectivity index (χ1v) is 11.5. The fraction of sp³-hybridized carbons (Fsp3) is 0.269. The summed E-state index contributed by atoms with van der Waals surface area (Å²) < 4.78 is 4.07. The number of piperidine rings is 1. The van der Waals surface area contributed by atoms with Crippen molar-refractivity contribution in [1.29, 1.82) is 0 Å². The maximum Gasteiger partial charge on any atom is 0.151 e. The van der Waals surface area contributed by atoms with Crippen LogP contribution in [0.25, 0.3) is 27.5 Å². The standard InChI is InChI=1S/C26H27N7/c1-17-21-10-9-19(12-23(21)31-32(17)15-18-6-3-2-4-7-18)22-13-24(20-8-5-11-28-14-20)33-25(22)26(27)29-16-30-33/h2-4,6-7,9-10,12-13,16,20,28H,5,8,11,14-15H2,1H3,(H2,27,29,30). The summed E-state index contributed by atoms with van der Waals surface area (Å²) in [6.45, 7) is 4.92. The van der Waals surface area contributed by atoms with Crippen molar-refractivity contribution in [2.24, 2.45) is 0 Å². The van der Waals surface area contributed by atoms with Crippen molar-refractivity contribution in [2.75, 3.05) is 18.8 Å². The number of aryl methyl sites for hydroxylation is 1. The summed E-state index contributed by atoms with van der Waals surface area (Å²) in [5.74, 6) is 0.909. The van der Waals surface area contributed by atoms with Gasteiger partial charge in [0.05, 0.1) is 12.1 Å². The third kappa shape index (κ3) is 3.45. The van der Waals surface area contributed by atoms with Crippen molar-refractivity contribution in [3.63, 3.8) is 0 Å². The minimum Gasteiger partial charge on any atom is -0.382 e. The number of rotatable bonds is 4.